The maximum absolute atomic E-state index is 13.3. The van der Waals surface area contributed by atoms with Gasteiger partial charge in [-0.15, -0.1) is 0 Å². The number of allylic oxidation sites excluding steroid dienone is 4. The first kappa shape index (κ1) is 27.5. The fourth-order valence-electron chi connectivity index (χ4n) is 5.71. The van der Waals surface area contributed by atoms with Gasteiger partial charge in [-0.25, -0.2) is 9.97 Å². The Hall–Kier alpha value is -5.08. The number of nitriles is 2. The molecule has 2 aliphatic rings. The molecule has 2 aromatic carbocycles. The second-order valence-electron chi connectivity index (χ2n) is 10.4. The summed E-state index contributed by atoms with van der Waals surface area (Å²) < 4.78 is 11.3. The van der Waals surface area contributed by atoms with Gasteiger partial charge in [0.05, 0.1) is 23.2 Å². The van der Waals surface area contributed by atoms with Crippen molar-refractivity contribution in [3.05, 3.63) is 101 Å². The minimum Gasteiger partial charge on any atom is -0.426 e. The van der Waals surface area contributed by atoms with Gasteiger partial charge in [-0.05, 0) is 55.5 Å². The summed E-state index contributed by atoms with van der Waals surface area (Å²) >= 11 is 0. The molecule has 0 saturated carbocycles. The molecule has 0 amide bonds. The smallest absolute Gasteiger partial charge is 0.314 e. The molecule has 0 N–H and O–H groups in total. The van der Waals surface area contributed by atoms with Gasteiger partial charge in [0.15, 0.2) is 11.4 Å². The monoisotopic (exact) mass is 544 g/mol. The van der Waals surface area contributed by atoms with E-state index in [4.69, 9.17) is 9.47 Å². The van der Waals surface area contributed by atoms with Crippen molar-refractivity contribution in [1.82, 2.24) is 9.97 Å². The minimum absolute atomic E-state index is 0.0547. The standard InChI is InChI=1S/C33H28N4O4/c1-21(31(38)40-23-11-5-3-6-12-23)17-33(18-22(2)32(39)41-24-13-7-4-8-14-24)26-16-10-9-15-25(26)29-30(33)37-28(20-35)27(19-34)36-29/h3-8,11-16,21-22H,9-10,17-18H2,1-2H3. The molecule has 2 atom stereocenters. The Balaban J connectivity index is 1.57. The number of carbonyl (C=O) groups is 2. The lowest BCUT2D eigenvalue weighted by molar-refractivity contribution is -0.139. The summed E-state index contributed by atoms with van der Waals surface area (Å²) in [6.45, 7) is 3.57. The Morgan fingerprint density at radius 3 is 1.80 bits per heavy atom. The highest BCUT2D eigenvalue weighted by molar-refractivity contribution is 5.89. The van der Waals surface area contributed by atoms with Crippen molar-refractivity contribution in [3.63, 3.8) is 0 Å². The van der Waals surface area contributed by atoms with Crippen LogP contribution < -0.4 is 9.47 Å². The summed E-state index contributed by atoms with van der Waals surface area (Å²) in [6, 6.07) is 21.7. The molecule has 1 aromatic heterocycles. The number of fused-ring (bicyclic) bond motifs is 3. The number of ether oxygens (including phenoxy) is 2. The molecule has 204 valence electrons. The van der Waals surface area contributed by atoms with Crippen LogP contribution in [0.15, 0.2) is 78.4 Å². The van der Waals surface area contributed by atoms with Crippen LogP contribution in [0.3, 0.4) is 0 Å². The summed E-state index contributed by atoms with van der Waals surface area (Å²) in [5, 5.41) is 19.5. The zero-order chi connectivity index (χ0) is 29.0. The van der Waals surface area contributed by atoms with Crippen LogP contribution in [-0.2, 0) is 15.0 Å². The molecule has 3 aromatic rings. The van der Waals surface area contributed by atoms with E-state index in [0.717, 1.165) is 24.0 Å². The van der Waals surface area contributed by atoms with Crippen LogP contribution in [0.2, 0.25) is 0 Å². The molecule has 5 rings (SSSR count). The number of hydrogen-bond acceptors (Lipinski definition) is 8. The van der Waals surface area contributed by atoms with Gasteiger partial charge in [0.1, 0.15) is 23.6 Å². The molecule has 1 heterocycles. The third kappa shape index (κ3) is 5.37. The quantitative estimate of drug-likeness (QED) is 0.256. The first-order valence-corrected chi connectivity index (χ1v) is 13.5. The molecule has 0 fully saturated rings. The molecule has 2 aliphatic carbocycles. The van der Waals surface area contributed by atoms with E-state index in [1.165, 1.54) is 0 Å². The molecular weight excluding hydrogens is 516 g/mol. The molecule has 8 nitrogen and oxygen atoms in total. The van der Waals surface area contributed by atoms with E-state index < -0.39 is 29.2 Å². The van der Waals surface area contributed by atoms with E-state index in [0.29, 0.717) is 22.9 Å². The largest absolute Gasteiger partial charge is 0.426 e. The van der Waals surface area contributed by atoms with Gasteiger partial charge >= 0.3 is 11.9 Å². The normalized spacial score (nSPS) is 18.3. The second-order valence-corrected chi connectivity index (χ2v) is 10.4. The highest BCUT2D eigenvalue weighted by Gasteiger charge is 2.51. The SMILES string of the molecule is CC(CC1(CC(C)C(=O)Oc2ccccc2)C2=CCCC=C2c2nc(C#N)c(C#N)nc21)C(=O)Oc1ccccc1. The van der Waals surface area contributed by atoms with Crippen LogP contribution in [0, 0.1) is 34.5 Å². The summed E-state index contributed by atoms with van der Waals surface area (Å²) in [5.74, 6) is -1.18. The number of benzene rings is 2. The minimum atomic E-state index is -0.946. The highest BCUT2D eigenvalue weighted by atomic mass is 16.5. The van der Waals surface area contributed by atoms with Crippen molar-refractivity contribution in [1.29, 1.82) is 10.5 Å². The third-order valence-electron chi connectivity index (χ3n) is 7.52. The van der Waals surface area contributed by atoms with Crippen molar-refractivity contribution >= 4 is 17.5 Å². The number of nitrogens with zero attached hydrogens (tertiary/aromatic N) is 4. The topological polar surface area (TPSA) is 126 Å². The van der Waals surface area contributed by atoms with Gasteiger partial charge < -0.3 is 9.47 Å². The first-order chi connectivity index (χ1) is 19.9. The van der Waals surface area contributed by atoms with Gasteiger partial charge in [-0.1, -0.05) is 62.4 Å². The van der Waals surface area contributed by atoms with Gasteiger partial charge in [0, 0.05) is 11.0 Å². The molecule has 41 heavy (non-hydrogen) atoms. The van der Waals surface area contributed by atoms with Gasteiger partial charge in [-0.3, -0.25) is 9.59 Å². The van der Waals surface area contributed by atoms with Crippen LogP contribution in [-0.4, -0.2) is 21.9 Å². The Morgan fingerprint density at radius 2 is 1.29 bits per heavy atom. The number of rotatable bonds is 8. The van der Waals surface area contributed by atoms with Crippen LogP contribution >= 0.6 is 0 Å². The van der Waals surface area contributed by atoms with Gasteiger partial charge in [0.25, 0.3) is 0 Å². The number of esters is 2. The summed E-state index contributed by atoms with van der Waals surface area (Å²) in [7, 11) is 0. The Kier molecular flexibility index (Phi) is 7.76. The maximum atomic E-state index is 13.3. The molecule has 0 radical (unpaired) electrons. The van der Waals surface area contributed by atoms with Gasteiger partial charge in [0.2, 0.25) is 0 Å². The lowest BCUT2D eigenvalue weighted by atomic mass is 9.68. The van der Waals surface area contributed by atoms with E-state index in [1.54, 1.807) is 62.4 Å². The summed E-state index contributed by atoms with van der Waals surface area (Å²) in [5.41, 5.74) is 1.64. The predicted molar refractivity (Wildman–Crippen MR) is 150 cm³/mol. The lowest BCUT2D eigenvalue weighted by Gasteiger charge is -2.35. The number of aromatic nitrogens is 2. The van der Waals surface area contributed by atoms with Gasteiger partial charge in [-0.2, -0.15) is 10.5 Å². The number of para-hydroxylation sites is 2. The summed E-state index contributed by atoms with van der Waals surface area (Å²) in [6.07, 6.45) is 6.19. The first-order valence-electron chi connectivity index (χ1n) is 13.5. The van der Waals surface area contributed by atoms with Crippen LogP contribution in [0.1, 0.15) is 62.3 Å². The van der Waals surface area contributed by atoms with E-state index in [9.17, 15) is 20.1 Å². The van der Waals surface area contributed by atoms with E-state index in [2.05, 4.69) is 22.1 Å². The fraction of sp³-hybridized carbons (Fsp3) is 0.273. The zero-order valence-corrected chi connectivity index (χ0v) is 22.8. The molecule has 0 aliphatic heterocycles. The van der Waals surface area contributed by atoms with Crippen LogP contribution in [0.25, 0.3) is 5.57 Å². The number of hydrogen-bond donors (Lipinski definition) is 0. The number of carbonyl (C=O) groups excluding carboxylic acids is 2. The van der Waals surface area contributed by atoms with E-state index >= 15 is 0 Å². The second kappa shape index (κ2) is 11.6. The Labute approximate surface area is 238 Å². The molecule has 0 saturated heterocycles. The fourth-order valence-corrected chi connectivity index (χ4v) is 5.71. The zero-order valence-electron chi connectivity index (χ0n) is 22.8. The van der Waals surface area contributed by atoms with E-state index in [-0.39, 0.29) is 24.2 Å². The lowest BCUT2D eigenvalue weighted by Crippen LogP contribution is -2.37. The third-order valence-corrected chi connectivity index (χ3v) is 7.52. The molecule has 0 bridgehead atoms. The van der Waals surface area contributed by atoms with Crippen molar-refractivity contribution in [3.8, 4) is 23.6 Å². The van der Waals surface area contributed by atoms with Crippen molar-refractivity contribution in [2.24, 2.45) is 11.8 Å². The van der Waals surface area contributed by atoms with Crippen LogP contribution in [0.5, 0.6) is 11.5 Å². The van der Waals surface area contributed by atoms with E-state index in [1.807, 2.05) is 24.3 Å². The average Bonchev–Trinajstić information content (AvgIpc) is 3.25. The average molecular weight is 545 g/mol. The Morgan fingerprint density at radius 1 is 0.805 bits per heavy atom. The predicted octanol–water partition coefficient (Wildman–Crippen LogP) is 5.84. The van der Waals surface area contributed by atoms with Crippen molar-refractivity contribution in [2.45, 2.75) is 44.9 Å². The molecular formula is C33H28N4O4. The highest BCUT2D eigenvalue weighted by Crippen LogP contribution is 2.56. The molecule has 8 heteroatoms. The van der Waals surface area contributed by atoms with Crippen LogP contribution in [0.4, 0.5) is 0 Å². The van der Waals surface area contributed by atoms with Crippen molar-refractivity contribution in [2.75, 3.05) is 0 Å². The molecule has 0 spiro atoms. The summed E-state index contributed by atoms with van der Waals surface area (Å²) in [4.78, 5) is 35.9. The van der Waals surface area contributed by atoms with Crippen molar-refractivity contribution < 1.29 is 19.1 Å². The molecule has 2 unspecified atom stereocenters. The maximum Gasteiger partial charge on any atom is 0.314 e. The Bertz CT molecular complexity index is 1570.